The third-order valence-corrected chi connectivity index (χ3v) is 3.46. The van der Waals surface area contributed by atoms with Crippen LogP contribution in [0.25, 0.3) is 0 Å². The molecule has 1 heterocycles. The molecule has 2 rings (SSSR count). The number of hydrogen-bond acceptors (Lipinski definition) is 0. The maximum Gasteiger partial charge on any atom is -0.00396 e. The van der Waals surface area contributed by atoms with Crippen LogP contribution in [0.1, 0.15) is 6.42 Å². The van der Waals surface area contributed by atoms with E-state index in [1.54, 1.807) is 0 Å². The molecule has 0 aromatic heterocycles. The van der Waals surface area contributed by atoms with Crippen LogP contribution in [0.5, 0.6) is 0 Å². The lowest BCUT2D eigenvalue weighted by Gasteiger charge is -1.89. The van der Waals surface area contributed by atoms with Gasteiger partial charge in [0.05, 0.1) is 0 Å². The molecule has 0 radical (unpaired) electrons. The highest BCUT2D eigenvalue weighted by Crippen LogP contribution is 2.28. The Balaban J connectivity index is 2.38. The molecule has 0 saturated heterocycles. The first-order valence-electron chi connectivity index (χ1n) is 2.82. The van der Waals surface area contributed by atoms with Gasteiger partial charge in [0.15, 0.2) is 0 Å². The van der Waals surface area contributed by atoms with E-state index in [0.29, 0.717) is 9.13 Å². The summed E-state index contributed by atoms with van der Waals surface area (Å²) in [5.74, 6) is 0.903. The summed E-state index contributed by atoms with van der Waals surface area (Å²) in [5.41, 5.74) is 3.52. The molecule has 0 amide bonds. The fraction of sp³-hybridized carbons (Fsp3) is 0.500. The molecule has 0 aromatic carbocycles. The molecule has 0 nitrogen and oxygen atoms in total. The van der Waals surface area contributed by atoms with Crippen LogP contribution in [0.2, 0.25) is 5.54 Å². The van der Waals surface area contributed by atoms with Crippen LogP contribution in [0.15, 0.2) is 12.2 Å². The first-order valence-corrected chi connectivity index (χ1v) is 4.15. The van der Waals surface area contributed by atoms with E-state index in [9.17, 15) is 0 Å². The molecule has 1 heteroatoms. The van der Waals surface area contributed by atoms with E-state index in [1.807, 2.05) is 0 Å². The summed E-state index contributed by atoms with van der Waals surface area (Å²) in [4.78, 5) is 0. The van der Waals surface area contributed by atoms with Crippen molar-refractivity contribution in [3.8, 4) is 0 Å². The van der Waals surface area contributed by atoms with Crippen molar-refractivity contribution < 1.29 is 0 Å². The van der Waals surface area contributed by atoms with Crippen molar-refractivity contribution >= 4 is 14.8 Å². The molecule has 36 valence electrons. The lowest BCUT2D eigenvalue weighted by molar-refractivity contribution is 0.846. The van der Waals surface area contributed by atoms with Gasteiger partial charge < -0.3 is 0 Å². The van der Waals surface area contributed by atoms with Crippen LogP contribution in [-0.2, 0) is 0 Å². The van der Waals surface area contributed by atoms with Gasteiger partial charge in [-0.1, -0.05) is 17.8 Å². The quantitative estimate of drug-likeness (QED) is 0.315. The van der Waals surface area contributed by atoms with Crippen LogP contribution in [0.3, 0.4) is 0 Å². The second-order valence-corrected chi connectivity index (χ2v) is 3.96. The molecular formula is C6H8Si. The third-order valence-electron chi connectivity index (χ3n) is 1.76. The molecule has 0 N–H and O–H groups in total. The number of allylic oxidation sites excluding steroid dienone is 2. The zero-order valence-corrected chi connectivity index (χ0v) is 5.33. The smallest absolute Gasteiger partial charge is 0.00396 e. The average Bonchev–Trinajstić information content (AvgIpc) is 2.22. The summed E-state index contributed by atoms with van der Waals surface area (Å²) in [7, 11) is 0.716. The summed E-state index contributed by atoms with van der Waals surface area (Å²) >= 11 is 0. The topological polar surface area (TPSA) is 0 Å². The molecule has 2 unspecified atom stereocenters. The van der Waals surface area contributed by atoms with E-state index in [2.05, 4.69) is 17.8 Å². The minimum absolute atomic E-state index is 0.716. The Morgan fingerprint density at radius 3 is 2.57 bits per heavy atom. The SMILES string of the molecule is C1=CC2CC1C=[SiH]2. The van der Waals surface area contributed by atoms with Crippen molar-refractivity contribution in [3.05, 3.63) is 12.2 Å². The van der Waals surface area contributed by atoms with E-state index in [0.717, 1.165) is 11.5 Å². The molecular weight excluding hydrogens is 100 g/mol. The summed E-state index contributed by atoms with van der Waals surface area (Å²) in [5, 5.41) is 0. The van der Waals surface area contributed by atoms with Crippen LogP contribution in [-0.4, -0.2) is 14.8 Å². The number of hydrogen-bond donors (Lipinski definition) is 0. The molecule has 2 bridgehead atoms. The molecule has 2 aliphatic rings. The molecule has 1 aliphatic carbocycles. The van der Waals surface area contributed by atoms with Gasteiger partial charge >= 0.3 is 0 Å². The van der Waals surface area contributed by atoms with Crippen molar-refractivity contribution in [1.29, 1.82) is 0 Å². The molecule has 0 spiro atoms. The molecule has 7 heavy (non-hydrogen) atoms. The molecule has 0 saturated carbocycles. The fourth-order valence-electron chi connectivity index (χ4n) is 1.33. The monoisotopic (exact) mass is 108 g/mol. The highest BCUT2D eigenvalue weighted by atomic mass is 28.2. The predicted molar refractivity (Wildman–Crippen MR) is 34.2 cm³/mol. The van der Waals surface area contributed by atoms with Crippen molar-refractivity contribution in [3.63, 3.8) is 0 Å². The van der Waals surface area contributed by atoms with Gasteiger partial charge in [0.1, 0.15) is 0 Å². The Hall–Kier alpha value is -0.173. The van der Waals surface area contributed by atoms with Crippen LogP contribution in [0.4, 0.5) is 0 Å². The molecule has 1 aliphatic heterocycles. The van der Waals surface area contributed by atoms with Crippen molar-refractivity contribution in [2.75, 3.05) is 0 Å². The van der Waals surface area contributed by atoms with Crippen LogP contribution in [0, 0.1) is 5.92 Å². The van der Waals surface area contributed by atoms with E-state index >= 15 is 0 Å². The minimum Gasteiger partial charge on any atom is -0.0990 e. The highest BCUT2D eigenvalue weighted by molar-refractivity contribution is 6.52. The first-order chi connectivity index (χ1) is 3.45. The normalized spacial score (nSPS) is 43.4. The lowest BCUT2D eigenvalue weighted by atomic mass is 10.2. The largest absolute Gasteiger partial charge is 0.0990 e. The minimum atomic E-state index is 0.716. The van der Waals surface area contributed by atoms with Crippen molar-refractivity contribution in [2.45, 2.75) is 12.0 Å². The molecule has 0 fully saturated rings. The first kappa shape index (κ1) is 3.78. The van der Waals surface area contributed by atoms with Gasteiger partial charge in [-0.3, -0.25) is 0 Å². The second-order valence-electron chi connectivity index (χ2n) is 2.33. The number of rotatable bonds is 0. The summed E-state index contributed by atoms with van der Waals surface area (Å²) in [6.45, 7) is 0. The van der Waals surface area contributed by atoms with E-state index < -0.39 is 0 Å². The maximum absolute atomic E-state index is 2.50. The lowest BCUT2D eigenvalue weighted by Crippen LogP contribution is -1.88. The Labute approximate surface area is 45.7 Å². The zero-order valence-electron chi connectivity index (χ0n) is 4.17. The van der Waals surface area contributed by atoms with Crippen LogP contribution < -0.4 is 0 Å². The molecule has 0 aromatic rings. The van der Waals surface area contributed by atoms with Crippen molar-refractivity contribution in [2.24, 2.45) is 5.92 Å². The van der Waals surface area contributed by atoms with Crippen LogP contribution >= 0.6 is 0 Å². The van der Waals surface area contributed by atoms with Gasteiger partial charge in [-0.2, -0.15) is 0 Å². The van der Waals surface area contributed by atoms with Gasteiger partial charge in [0.2, 0.25) is 0 Å². The maximum atomic E-state index is 2.50. The summed E-state index contributed by atoms with van der Waals surface area (Å²) in [6, 6.07) is 0. The van der Waals surface area contributed by atoms with E-state index in [4.69, 9.17) is 0 Å². The Morgan fingerprint density at radius 2 is 2.43 bits per heavy atom. The van der Waals surface area contributed by atoms with Gasteiger partial charge in [0.25, 0.3) is 0 Å². The average molecular weight is 108 g/mol. The Kier molecular flexibility index (Phi) is 0.626. The highest BCUT2D eigenvalue weighted by Gasteiger charge is 2.19. The zero-order chi connectivity index (χ0) is 4.69. The Bertz CT molecular complexity index is 107. The van der Waals surface area contributed by atoms with Crippen molar-refractivity contribution in [1.82, 2.24) is 0 Å². The van der Waals surface area contributed by atoms with E-state index in [-0.39, 0.29) is 0 Å². The number of fused-ring (bicyclic) bond motifs is 2. The van der Waals surface area contributed by atoms with Gasteiger partial charge in [-0.25, -0.2) is 0 Å². The predicted octanol–water partition coefficient (Wildman–Crippen LogP) is 0.603. The van der Waals surface area contributed by atoms with Gasteiger partial charge in [-0.15, -0.1) is 0 Å². The summed E-state index contributed by atoms with van der Waals surface area (Å²) < 4.78 is 0. The van der Waals surface area contributed by atoms with E-state index in [1.165, 1.54) is 6.42 Å². The Morgan fingerprint density at radius 1 is 1.43 bits per heavy atom. The van der Waals surface area contributed by atoms with Gasteiger partial charge in [-0.05, 0) is 27.0 Å². The summed E-state index contributed by atoms with van der Waals surface area (Å²) in [6.07, 6.45) is 6.19. The third kappa shape index (κ3) is 0.446. The second kappa shape index (κ2) is 1.16. The fourth-order valence-corrected chi connectivity index (χ4v) is 2.91. The molecule has 2 atom stereocenters. The standard InChI is InChI=1S/C6H8Si/c1-2-6-3-5(1)4-7-6/h1-2,4-7H,3H2. The van der Waals surface area contributed by atoms with Gasteiger partial charge in [0, 0.05) is 0 Å².